The van der Waals surface area contributed by atoms with E-state index in [2.05, 4.69) is 10.1 Å². The molecule has 3 rings (SSSR count). The third-order valence-electron chi connectivity index (χ3n) is 2.67. The highest BCUT2D eigenvalue weighted by atomic mass is 32.1. The van der Waals surface area contributed by atoms with E-state index in [1.165, 1.54) is 11.3 Å². The van der Waals surface area contributed by atoms with E-state index in [-0.39, 0.29) is 19.0 Å². The zero-order valence-electron chi connectivity index (χ0n) is 11.2. The minimum Gasteiger partial charge on any atom is -0.459 e. The van der Waals surface area contributed by atoms with Crippen LogP contribution in [0.3, 0.4) is 0 Å². The molecule has 3 aromatic heterocycles. The van der Waals surface area contributed by atoms with E-state index in [0.29, 0.717) is 11.5 Å². The fourth-order valence-electron chi connectivity index (χ4n) is 1.74. The lowest BCUT2D eigenvalue weighted by molar-refractivity contribution is -0.144. The molecule has 0 unspecified atom stereocenters. The van der Waals surface area contributed by atoms with Crippen molar-refractivity contribution < 1.29 is 14.1 Å². The molecule has 0 bridgehead atoms. The van der Waals surface area contributed by atoms with E-state index < -0.39 is 0 Å². The molecule has 3 heterocycles. The van der Waals surface area contributed by atoms with Crippen LogP contribution >= 0.6 is 22.7 Å². The molecule has 0 saturated heterocycles. The Morgan fingerprint density at radius 1 is 1.38 bits per heavy atom. The summed E-state index contributed by atoms with van der Waals surface area (Å²) >= 11 is 3.16. The number of rotatable bonds is 5. The molecule has 0 aliphatic rings. The fraction of sp³-hybridized carbons (Fsp3) is 0.214. The second-order valence-corrected chi connectivity index (χ2v) is 6.19. The lowest BCUT2D eigenvalue weighted by Crippen LogP contribution is -2.08. The summed E-state index contributed by atoms with van der Waals surface area (Å²) in [6, 6.07) is 5.73. The number of ether oxygens (including phenoxy) is 1. The predicted octanol–water partition coefficient (Wildman–Crippen LogP) is 3.45. The highest BCUT2D eigenvalue weighted by Gasteiger charge is 2.11. The second kappa shape index (κ2) is 6.19. The first-order chi connectivity index (χ1) is 10.2. The van der Waals surface area contributed by atoms with Crippen LogP contribution in [0.1, 0.15) is 17.1 Å². The number of thiazole rings is 1. The zero-order chi connectivity index (χ0) is 14.7. The number of carbonyl (C=O) groups excluding carboxylic acids is 1. The molecular weight excluding hydrogens is 308 g/mol. The molecule has 7 heteroatoms. The van der Waals surface area contributed by atoms with Gasteiger partial charge in [-0.2, -0.15) is 0 Å². The highest BCUT2D eigenvalue weighted by molar-refractivity contribution is 7.20. The molecule has 0 radical (unpaired) electrons. The SMILES string of the molecule is Cc1cc(COC(=O)Cc2csc(-c3cccs3)n2)no1. The molecule has 3 aromatic rings. The van der Waals surface area contributed by atoms with Crippen LogP contribution in [0.2, 0.25) is 0 Å². The van der Waals surface area contributed by atoms with Crippen LogP contribution in [-0.4, -0.2) is 16.1 Å². The lowest BCUT2D eigenvalue weighted by Gasteiger charge is -2.00. The maximum absolute atomic E-state index is 11.8. The number of thiophene rings is 1. The summed E-state index contributed by atoms with van der Waals surface area (Å²) in [6.45, 7) is 1.91. The summed E-state index contributed by atoms with van der Waals surface area (Å²) in [5, 5.41) is 8.59. The molecule has 0 N–H and O–H groups in total. The van der Waals surface area contributed by atoms with Crippen molar-refractivity contribution >= 4 is 28.6 Å². The van der Waals surface area contributed by atoms with Crippen LogP contribution in [0.25, 0.3) is 9.88 Å². The van der Waals surface area contributed by atoms with E-state index >= 15 is 0 Å². The Kier molecular flexibility index (Phi) is 4.12. The van der Waals surface area contributed by atoms with Gasteiger partial charge in [0.15, 0.2) is 0 Å². The number of hydrogen-bond donors (Lipinski definition) is 0. The van der Waals surface area contributed by atoms with Gasteiger partial charge in [-0.3, -0.25) is 4.79 Å². The van der Waals surface area contributed by atoms with Crippen molar-refractivity contribution in [3.8, 4) is 9.88 Å². The van der Waals surface area contributed by atoms with Gasteiger partial charge >= 0.3 is 5.97 Å². The van der Waals surface area contributed by atoms with Crippen molar-refractivity contribution in [2.75, 3.05) is 0 Å². The maximum Gasteiger partial charge on any atom is 0.312 e. The van der Waals surface area contributed by atoms with Crippen molar-refractivity contribution in [1.82, 2.24) is 10.1 Å². The van der Waals surface area contributed by atoms with E-state index in [1.54, 1.807) is 24.3 Å². The summed E-state index contributed by atoms with van der Waals surface area (Å²) in [5.41, 5.74) is 1.34. The third-order valence-corrected chi connectivity index (χ3v) is 4.60. The van der Waals surface area contributed by atoms with Crippen LogP contribution in [0.5, 0.6) is 0 Å². The predicted molar refractivity (Wildman–Crippen MR) is 80.2 cm³/mol. The number of esters is 1. The van der Waals surface area contributed by atoms with Crippen molar-refractivity contribution in [3.63, 3.8) is 0 Å². The largest absolute Gasteiger partial charge is 0.459 e. The monoisotopic (exact) mass is 320 g/mol. The number of nitrogens with zero attached hydrogens (tertiary/aromatic N) is 2. The minimum absolute atomic E-state index is 0.123. The van der Waals surface area contributed by atoms with Gasteiger partial charge in [-0.15, -0.1) is 22.7 Å². The first kappa shape index (κ1) is 14.0. The Balaban J connectivity index is 1.55. The number of hydrogen-bond acceptors (Lipinski definition) is 7. The van der Waals surface area contributed by atoms with E-state index in [1.807, 2.05) is 22.9 Å². The molecule has 0 aliphatic carbocycles. The van der Waals surface area contributed by atoms with Crippen LogP contribution in [0.15, 0.2) is 33.5 Å². The number of aryl methyl sites for hydroxylation is 1. The number of aromatic nitrogens is 2. The Bertz CT molecular complexity index is 731. The summed E-state index contributed by atoms with van der Waals surface area (Å²) in [4.78, 5) is 17.3. The number of carbonyl (C=O) groups is 1. The van der Waals surface area contributed by atoms with Crippen LogP contribution in [-0.2, 0) is 22.6 Å². The molecule has 0 saturated carbocycles. The molecule has 0 spiro atoms. The summed E-state index contributed by atoms with van der Waals surface area (Å²) in [5.74, 6) is 0.375. The van der Waals surface area contributed by atoms with E-state index in [0.717, 1.165) is 15.6 Å². The van der Waals surface area contributed by atoms with Gasteiger partial charge in [0.25, 0.3) is 0 Å². The van der Waals surface area contributed by atoms with Crippen molar-refractivity contribution in [3.05, 3.63) is 46.1 Å². The first-order valence-electron chi connectivity index (χ1n) is 6.27. The standard InChI is InChI=1S/C14H12N2O3S2/c1-9-5-10(16-19-9)7-18-13(17)6-11-8-21-14(15-11)12-3-2-4-20-12/h2-5,8H,6-7H2,1H3. The summed E-state index contributed by atoms with van der Waals surface area (Å²) in [7, 11) is 0. The Morgan fingerprint density at radius 2 is 2.29 bits per heavy atom. The van der Waals surface area contributed by atoms with Crippen LogP contribution in [0.4, 0.5) is 0 Å². The Labute approximate surface area is 129 Å². The normalized spacial score (nSPS) is 10.7. The average molecular weight is 320 g/mol. The highest BCUT2D eigenvalue weighted by Crippen LogP contribution is 2.27. The van der Waals surface area contributed by atoms with E-state index in [4.69, 9.17) is 9.26 Å². The van der Waals surface area contributed by atoms with Gasteiger partial charge in [0.05, 0.1) is 17.0 Å². The molecule has 5 nitrogen and oxygen atoms in total. The lowest BCUT2D eigenvalue weighted by atomic mass is 10.3. The smallest absolute Gasteiger partial charge is 0.312 e. The van der Waals surface area contributed by atoms with Gasteiger partial charge < -0.3 is 9.26 Å². The molecule has 0 amide bonds. The Morgan fingerprint density at radius 3 is 3.00 bits per heavy atom. The molecule has 21 heavy (non-hydrogen) atoms. The average Bonchev–Trinajstić information content (AvgIpc) is 3.16. The van der Waals surface area contributed by atoms with Gasteiger partial charge in [-0.25, -0.2) is 4.98 Å². The molecule has 0 aliphatic heterocycles. The van der Waals surface area contributed by atoms with Gasteiger partial charge in [-0.05, 0) is 18.4 Å². The summed E-state index contributed by atoms with van der Waals surface area (Å²) < 4.78 is 10.1. The van der Waals surface area contributed by atoms with Crippen molar-refractivity contribution in [2.24, 2.45) is 0 Å². The van der Waals surface area contributed by atoms with Crippen molar-refractivity contribution in [2.45, 2.75) is 20.0 Å². The van der Waals surface area contributed by atoms with Gasteiger partial charge in [0, 0.05) is 11.4 Å². The molecule has 0 fully saturated rings. The summed E-state index contributed by atoms with van der Waals surface area (Å²) in [6.07, 6.45) is 0.165. The Hall–Kier alpha value is -1.99. The van der Waals surface area contributed by atoms with E-state index in [9.17, 15) is 4.79 Å². The molecule has 108 valence electrons. The van der Waals surface area contributed by atoms with Crippen LogP contribution in [0, 0.1) is 6.92 Å². The third kappa shape index (κ3) is 3.56. The topological polar surface area (TPSA) is 65.2 Å². The molecule has 0 atom stereocenters. The first-order valence-corrected chi connectivity index (χ1v) is 8.03. The fourth-order valence-corrected chi connectivity index (χ4v) is 3.37. The molecule has 0 aromatic carbocycles. The van der Waals surface area contributed by atoms with Gasteiger partial charge in [0.1, 0.15) is 23.1 Å². The van der Waals surface area contributed by atoms with Gasteiger partial charge in [-0.1, -0.05) is 11.2 Å². The minimum atomic E-state index is -0.321. The molecular formula is C14H12N2O3S2. The van der Waals surface area contributed by atoms with Gasteiger partial charge in [0.2, 0.25) is 0 Å². The van der Waals surface area contributed by atoms with Crippen LogP contribution < -0.4 is 0 Å². The quantitative estimate of drug-likeness (QED) is 0.674. The maximum atomic E-state index is 11.8. The zero-order valence-corrected chi connectivity index (χ0v) is 12.9. The second-order valence-electron chi connectivity index (χ2n) is 4.39. The van der Waals surface area contributed by atoms with Crippen molar-refractivity contribution in [1.29, 1.82) is 0 Å².